The highest BCUT2D eigenvalue weighted by Crippen LogP contribution is 2.44. The van der Waals surface area contributed by atoms with Gasteiger partial charge in [-0.2, -0.15) is 0 Å². The summed E-state index contributed by atoms with van der Waals surface area (Å²) in [4.78, 5) is 16.1. The van der Waals surface area contributed by atoms with E-state index in [1.165, 1.54) is 11.8 Å². The molecule has 1 aromatic heterocycles. The predicted octanol–water partition coefficient (Wildman–Crippen LogP) is 5.67. The first kappa shape index (κ1) is 18.8. The molecule has 0 aliphatic heterocycles. The van der Waals surface area contributed by atoms with Crippen LogP contribution >= 0.6 is 75.5 Å². The average Bonchev–Trinajstić information content (AvgIpc) is 2.81. The van der Waals surface area contributed by atoms with Crippen molar-refractivity contribution in [3.63, 3.8) is 0 Å². The highest BCUT2D eigenvalue weighted by atomic mass is 79.9. The van der Waals surface area contributed by atoms with Crippen LogP contribution in [-0.4, -0.2) is 27.9 Å². The number of aromatic nitrogens is 2. The van der Waals surface area contributed by atoms with Crippen LogP contribution in [0.3, 0.4) is 0 Å². The van der Waals surface area contributed by atoms with E-state index in [1.54, 1.807) is 6.92 Å². The molecule has 0 amide bonds. The van der Waals surface area contributed by atoms with Gasteiger partial charge in [-0.05, 0) is 70.6 Å². The summed E-state index contributed by atoms with van der Waals surface area (Å²) in [5, 5.41) is 0.852. The zero-order valence-electron chi connectivity index (χ0n) is 11.8. The second kappa shape index (κ2) is 8.00. The summed E-state index contributed by atoms with van der Waals surface area (Å²) in [6, 6.07) is 0. The molecule has 0 saturated carbocycles. The number of ether oxygens (including phenoxy) is 1. The maximum absolute atomic E-state index is 11.4. The molecule has 0 aliphatic carbocycles. The number of imidazole rings is 1. The van der Waals surface area contributed by atoms with E-state index in [9.17, 15) is 4.79 Å². The number of hydrogen-bond donors (Lipinski definition) is 0. The Morgan fingerprint density at radius 2 is 1.82 bits per heavy atom. The highest BCUT2D eigenvalue weighted by molar-refractivity contribution is 9.15. The number of rotatable bonds is 5. The molecule has 0 fully saturated rings. The number of benzene rings is 1. The van der Waals surface area contributed by atoms with Crippen LogP contribution in [0.15, 0.2) is 23.0 Å². The lowest BCUT2D eigenvalue weighted by atomic mass is 10.3. The van der Waals surface area contributed by atoms with E-state index >= 15 is 0 Å². The Hall–Kier alpha value is 0.430. The number of thioether (sulfide) groups is 1. The van der Waals surface area contributed by atoms with Crippen molar-refractivity contribution in [1.29, 1.82) is 0 Å². The van der Waals surface area contributed by atoms with Gasteiger partial charge in [0.05, 0.1) is 27.5 Å². The fourth-order valence-electron chi connectivity index (χ4n) is 1.87. The largest absolute Gasteiger partial charge is 0.466 e. The van der Waals surface area contributed by atoms with Crippen molar-refractivity contribution in [1.82, 2.24) is 9.55 Å². The standard InChI is InChI=1S/C13H12Br4N2O2S/c1-3-21-6(20)4-5-22-13-18-11-9(16)7(14)8(15)10(17)12(11)19(13)2/h3-5H2,1-2H3. The van der Waals surface area contributed by atoms with Gasteiger partial charge in [0.15, 0.2) is 5.16 Å². The Labute approximate surface area is 166 Å². The molecule has 2 aromatic rings. The molecule has 0 bridgehead atoms. The number of hydrogen-bond acceptors (Lipinski definition) is 4. The zero-order valence-corrected chi connectivity index (χ0v) is 18.9. The first-order valence-electron chi connectivity index (χ1n) is 6.35. The number of carbonyl (C=O) groups is 1. The van der Waals surface area contributed by atoms with Gasteiger partial charge in [0.2, 0.25) is 0 Å². The molecule has 22 heavy (non-hydrogen) atoms. The number of halogens is 4. The van der Waals surface area contributed by atoms with Gasteiger partial charge in [-0.15, -0.1) is 0 Å². The van der Waals surface area contributed by atoms with E-state index in [2.05, 4.69) is 68.7 Å². The SMILES string of the molecule is CCOC(=O)CCSc1nc2c(Br)c(Br)c(Br)c(Br)c2n1C. The van der Waals surface area contributed by atoms with Gasteiger partial charge in [0, 0.05) is 21.7 Å². The quantitative estimate of drug-likeness (QED) is 0.198. The third kappa shape index (κ3) is 3.74. The number of nitrogens with zero attached hydrogens (tertiary/aromatic N) is 2. The molecule has 0 radical (unpaired) electrons. The van der Waals surface area contributed by atoms with E-state index in [-0.39, 0.29) is 5.97 Å². The zero-order chi connectivity index (χ0) is 16.4. The summed E-state index contributed by atoms with van der Waals surface area (Å²) >= 11 is 15.8. The molecular weight excluding hydrogens is 568 g/mol. The lowest BCUT2D eigenvalue weighted by Crippen LogP contribution is -2.05. The summed E-state index contributed by atoms with van der Waals surface area (Å²) in [5.74, 6) is 0.453. The molecule has 120 valence electrons. The molecule has 0 N–H and O–H groups in total. The van der Waals surface area contributed by atoms with Crippen LogP contribution in [-0.2, 0) is 16.6 Å². The Morgan fingerprint density at radius 1 is 1.18 bits per heavy atom. The van der Waals surface area contributed by atoms with Gasteiger partial charge in [0.1, 0.15) is 5.52 Å². The molecule has 1 aromatic carbocycles. The summed E-state index contributed by atoms with van der Waals surface area (Å²) in [7, 11) is 1.96. The van der Waals surface area contributed by atoms with E-state index < -0.39 is 0 Å². The molecule has 0 unspecified atom stereocenters. The van der Waals surface area contributed by atoms with Crippen molar-refractivity contribution in [2.24, 2.45) is 7.05 Å². The maximum atomic E-state index is 11.4. The maximum Gasteiger partial charge on any atom is 0.306 e. The van der Waals surface area contributed by atoms with E-state index in [4.69, 9.17) is 4.74 Å². The van der Waals surface area contributed by atoms with E-state index in [1.807, 2.05) is 11.6 Å². The minimum absolute atomic E-state index is 0.179. The average molecular weight is 580 g/mol. The van der Waals surface area contributed by atoms with Crippen molar-refractivity contribution in [2.75, 3.05) is 12.4 Å². The van der Waals surface area contributed by atoms with Gasteiger partial charge in [-0.25, -0.2) is 4.98 Å². The monoisotopic (exact) mass is 576 g/mol. The lowest BCUT2D eigenvalue weighted by Gasteiger charge is -2.07. The molecule has 1 heterocycles. The number of esters is 1. The number of fused-ring (bicyclic) bond motifs is 1. The van der Waals surface area contributed by atoms with Crippen LogP contribution in [0.25, 0.3) is 11.0 Å². The van der Waals surface area contributed by atoms with Crippen LogP contribution < -0.4 is 0 Å². The highest BCUT2D eigenvalue weighted by Gasteiger charge is 2.20. The van der Waals surface area contributed by atoms with Crippen molar-refractivity contribution in [3.8, 4) is 0 Å². The lowest BCUT2D eigenvalue weighted by molar-refractivity contribution is -0.142. The van der Waals surface area contributed by atoms with Gasteiger partial charge in [-0.1, -0.05) is 11.8 Å². The Bertz CT molecular complexity index is 733. The predicted molar refractivity (Wildman–Crippen MR) is 103 cm³/mol. The third-order valence-electron chi connectivity index (χ3n) is 2.89. The summed E-state index contributed by atoms with van der Waals surface area (Å²) < 4.78 is 10.6. The Kier molecular flexibility index (Phi) is 6.83. The van der Waals surface area contributed by atoms with Gasteiger partial charge in [0.25, 0.3) is 0 Å². The summed E-state index contributed by atoms with van der Waals surface area (Å²) in [6.45, 7) is 2.22. The molecule has 2 rings (SSSR count). The molecule has 0 spiro atoms. The normalized spacial score (nSPS) is 11.2. The number of aryl methyl sites for hydroxylation is 1. The third-order valence-corrected chi connectivity index (χ3v) is 8.65. The van der Waals surface area contributed by atoms with Gasteiger partial charge < -0.3 is 9.30 Å². The molecule has 0 aliphatic rings. The van der Waals surface area contributed by atoms with Crippen LogP contribution in [0.1, 0.15) is 13.3 Å². The molecular formula is C13H12Br4N2O2S. The van der Waals surface area contributed by atoms with Crippen molar-refractivity contribution in [3.05, 3.63) is 17.9 Å². The fraction of sp³-hybridized carbons (Fsp3) is 0.385. The summed E-state index contributed by atoms with van der Waals surface area (Å²) in [6.07, 6.45) is 0.372. The van der Waals surface area contributed by atoms with Crippen LogP contribution in [0.2, 0.25) is 0 Å². The molecule has 0 atom stereocenters. The second-order valence-corrected chi connectivity index (χ2v) is 8.54. The van der Waals surface area contributed by atoms with Gasteiger partial charge >= 0.3 is 5.97 Å². The van der Waals surface area contributed by atoms with Gasteiger partial charge in [-0.3, -0.25) is 4.79 Å². The first-order chi connectivity index (χ1) is 10.4. The molecule has 9 heteroatoms. The minimum atomic E-state index is -0.179. The summed E-state index contributed by atoms with van der Waals surface area (Å²) in [5.41, 5.74) is 1.85. The van der Waals surface area contributed by atoms with Crippen molar-refractivity contribution >= 4 is 92.5 Å². The van der Waals surface area contributed by atoms with E-state index in [0.717, 1.165) is 34.1 Å². The number of carbonyl (C=O) groups excluding carboxylic acids is 1. The van der Waals surface area contributed by atoms with Crippen LogP contribution in [0.4, 0.5) is 0 Å². The molecule has 0 saturated heterocycles. The molecule has 4 nitrogen and oxygen atoms in total. The van der Waals surface area contributed by atoms with Crippen LogP contribution in [0.5, 0.6) is 0 Å². The minimum Gasteiger partial charge on any atom is -0.466 e. The topological polar surface area (TPSA) is 44.1 Å². The van der Waals surface area contributed by atoms with Crippen molar-refractivity contribution in [2.45, 2.75) is 18.5 Å². The smallest absolute Gasteiger partial charge is 0.306 e. The Morgan fingerprint density at radius 3 is 2.45 bits per heavy atom. The Balaban J connectivity index is 2.29. The fourth-order valence-corrected chi connectivity index (χ4v) is 5.19. The van der Waals surface area contributed by atoms with Crippen LogP contribution in [0, 0.1) is 0 Å². The van der Waals surface area contributed by atoms with Crippen molar-refractivity contribution < 1.29 is 9.53 Å². The second-order valence-electron chi connectivity index (χ2n) is 4.31. The van der Waals surface area contributed by atoms with E-state index in [0.29, 0.717) is 18.8 Å². The first-order valence-corrected chi connectivity index (χ1v) is 10.5.